The largest absolute Gasteiger partial charge is 1.00 e. The molecular weight excluding hydrogens is 439 g/mol. The number of carbonyl (C=O) groups is 2. The van der Waals surface area contributed by atoms with Crippen LogP contribution in [0.4, 0.5) is 17.1 Å². The number of nitrogen functional groups attached to an aromatic ring is 1. The van der Waals surface area contributed by atoms with Crippen LogP contribution in [0, 0.1) is 0 Å². The summed E-state index contributed by atoms with van der Waals surface area (Å²) in [5, 5.41) is 3.04. The van der Waals surface area contributed by atoms with E-state index in [1.54, 1.807) is 18.2 Å². The molecule has 32 heavy (non-hydrogen) atoms. The average molecular weight is 460 g/mol. The number of benzene rings is 3. The van der Waals surface area contributed by atoms with Gasteiger partial charge < -0.3 is 12.5 Å². The summed E-state index contributed by atoms with van der Waals surface area (Å²) in [4.78, 5) is 25.8. The number of nitrogens with two attached hydrogens (primary N) is 1. The molecule has 3 aromatic carbocycles. The van der Waals surface area contributed by atoms with Crippen LogP contribution in [0.5, 0.6) is 0 Å². The summed E-state index contributed by atoms with van der Waals surface area (Å²) >= 11 is 0. The number of rotatable bonds is 4. The predicted molar refractivity (Wildman–Crippen MR) is 119 cm³/mol. The maximum Gasteiger partial charge on any atom is 1.00 e. The van der Waals surface area contributed by atoms with Crippen molar-refractivity contribution in [3.63, 3.8) is 0 Å². The van der Waals surface area contributed by atoms with Crippen molar-refractivity contribution >= 4 is 38.7 Å². The maximum atomic E-state index is 13.3. The fourth-order valence-electron chi connectivity index (χ4n) is 3.74. The molecule has 0 radical (unpaired) electrons. The van der Waals surface area contributed by atoms with Gasteiger partial charge in [0.25, 0.3) is 10.1 Å². The number of fused-ring (bicyclic) bond motifs is 2. The first-order valence-electron chi connectivity index (χ1n) is 9.59. The van der Waals surface area contributed by atoms with E-state index in [0.717, 1.165) is 11.6 Å². The summed E-state index contributed by atoms with van der Waals surface area (Å²) in [5.74, 6) is -0.793. The van der Waals surface area contributed by atoms with Crippen LogP contribution in [-0.4, -0.2) is 24.5 Å². The second kappa shape index (κ2) is 8.80. The molecule has 160 valence electrons. The van der Waals surface area contributed by atoms with E-state index in [1.807, 2.05) is 32.0 Å². The van der Waals surface area contributed by atoms with Crippen LogP contribution < -0.4 is 40.6 Å². The van der Waals surface area contributed by atoms with Crippen LogP contribution in [0.15, 0.2) is 59.5 Å². The fraction of sp³-hybridized carbons (Fsp3) is 0.130. The van der Waals surface area contributed by atoms with Gasteiger partial charge in [0.2, 0.25) is 0 Å². The molecule has 0 aromatic heterocycles. The Morgan fingerprint density at radius 1 is 0.938 bits per heavy atom. The summed E-state index contributed by atoms with van der Waals surface area (Å²) in [6, 6.07) is 14.7. The van der Waals surface area contributed by atoms with Crippen LogP contribution in [0.25, 0.3) is 0 Å². The van der Waals surface area contributed by atoms with Gasteiger partial charge in [0, 0.05) is 16.8 Å². The first-order valence-corrected chi connectivity index (χ1v) is 11.0. The molecule has 7 nitrogen and oxygen atoms in total. The van der Waals surface area contributed by atoms with Crippen molar-refractivity contribution in [2.24, 2.45) is 0 Å². The Morgan fingerprint density at radius 3 is 2.09 bits per heavy atom. The first-order chi connectivity index (χ1) is 14.6. The van der Waals surface area contributed by atoms with Crippen molar-refractivity contribution in [2.45, 2.75) is 24.7 Å². The molecule has 0 spiro atoms. The zero-order valence-corrected chi connectivity index (χ0v) is 20.7. The van der Waals surface area contributed by atoms with E-state index in [2.05, 4.69) is 5.32 Å². The molecule has 0 bridgehead atoms. The monoisotopic (exact) mass is 460 g/mol. The molecule has 4 N–H and O–H groups in total. The minimum absolute atomic E-state index is 0. The third-order valence-corrected chi connectivity index (χ3v) is 6.20. The Kier molecular flexibility index (Phi) is 6.65. The van der Waals surface area contributed by atoms with E-state index < -0.39 is 32.3 Å². The van der Waals surface area contributed by atoms with Crippen molar-refractivity contribution in [1.82, 2.24) is 0 Å². The molecule has 4 rings (SSSR count). The average Bonchev–Trinajstić information content (AvgIpc) is 2.72. The van der Waals surface area contributed by atoms with Crippen molar-refractivity contribution < 1.29 is 53.5 Å². The summed E-state index contributed by atoms with van der Waals surface area (Å²) in [6.45, 7) is 4.06. The van der Waals surface area contributed by atoms with Crippen molar-refractivity contribution in [3.8, 4) is 0 Å². The van der Waals surface area contributed by atoms with E-state index in [-0.39, 0.29) is 64.8 Å². The van der Waals surface area contributed by atoms with E-state index in [4.69, 9.17) is 5.73 Å². The zero-order chi connectivity index (χ0) is 22.5. The second-order valence-electron chi connectivity index (χ2n) is 7.67. The molecule has 1 aliphatic carbocycles. The number of hydrogen-bond donors (Lipinski definition) is 3. The van der Waals surface area contributed by atoms with Gasteiger partial charge in [0.15, 0.2) is 11.6 Å². The number of nitrogens with one attached hydrogen (secondary N) is 1. The molecule has 0 saturated carbocycles. The molecule has 0 atom stereocenters. The molecule has 0 amide bonds. The van der Waals surface area contributed by atoms with Gasteiger partial charge in [-0.25, -0.2) is 0 Å². The standard InChI is InChI=1S/C23H20N2O5S.Na.H/c1-12(2)13-6-5-7-14(10-13)25-17-11-18(31(28,29)30)21(24)20-19(17)22(26)15-8-3-4-9-16(15)23(20)27;;/h3-12,25H,24H2,1-2H3,(H,28,29,30);;/q;+1;-1. The number of carbonyl (C=O) groups excluding carboxylic acids is 2. The van der Waals surface area contributed by atoms with E-state index >= 15 is 0 Å². The number of hydrogen-bond acceptors (Lipinski definition) is 6. The van der Waals surface area contributed by atoms with Crippen LogP contribution in [-0.2, 0) is 10.1 Å². The molecule has 0 saturated heterocycles. The maximum absolute atomic E-state index is 13.3. The van der Waals surface area contributed by atoms with Gasteiger partial charge in [0.1, 0.15) is 4.90 Å². The van der Waals surface area contributed by atoms with Gasteiger partial charge in [0.05, 0.1) is 22.5 Å². The minimum atomic E-state index is -4.75. The third kappa shape index (κ3) is 4.12. The third-order valence-electron chi connectivity index (χ3n) is 5.31. The van der Waals surface area contributed by atoms with Crippen LogP contribution in [0.1, 0.15) is 58.6 Å². The van der Waals surface area contributed by atoms with Crippen LogP contribution in [0.3, 0.4) is 0 Å². The van der Waals surface area contributed by atoms with Crippen molar-refractivity contribution in [2.75, 3.05) is 11.1 Å². The van der Waals surface area contributed by atoms with Crippen LogP contribution in [0.2, 0.25) is 0 Å². The molecule has 9 heteroatoms. The minimum Gasteiger partial charge on any atom is -1.00 e. The molecule has 3 aromatic rings. The summed E-state index contributed by atoms with van der Waals surface area (Å²) < 4.78 is 33.6. The van der Waals surface area contributed by atoms with Gasteiger partial charge in [-0.3, -0.25) is 14.1 Å². The molecule has 0 aliphatic heterocycles. The number of ketones is 2. The van der Waals surface area contributed by atoms with Gasteiger partial charge in [-0.05, 0) is 29.7 Å². The molecule has 0 fully saturated rings. The topological polar surface area (TPSA) is 127 Å². The Bertz CT molecular complexity index is 1370. The summed E-state index contributed by atoms with van der Waals surface area (Å²) in [6.07, 6.45) is 0. The second-order valence-corrected chi connectivity index (χ2v) is 9.06. The molecular formula is C23H21N2NaO5S. The van der Waals surface area contributed by atoms with E-state index in [9.17, 15) is 22.6 Å². The van der Waals surface area contributed by atoms with Gasteiger partial charge in [-0.2, -0.15) is 8.42 Å². The Labute approximate surface area is 209 Å². The summed E-state index contributed by atoms with van der Waals surface area (Å²) in [5.41, 5.74) is 7.31. The first kappa shape index (κ1) is 24.2. The van der Waals surface area contributed by atoms with Crippen molar-refractivity contribution in [1.29, 1.82) is 0 Å². The smallest absolute Gasteiger partial charge is 1.00 e. The predicted octanol–water partition coefficient (Wildman–Crippen LogP) is 1.27. The van der Waals surface area contributed by atoms with Gasteiger partial charge >= 0.3 is 29.6 Å². The number of anilines is 3. The van der Waals surface area contributed by atoms with Crippen LogP contribution >= 0.6 is 0 Å². The fourth-order valence-corrected chi connectivity index (χ4v) is 4.38. The SMILES string of the molecule is CC(C)c1cccc(Nc2cc(S(=O)(=O)O)c(N)c3c2C(=O)c2ccccc2C3=O)c1.[H-].[Na+]. The van der Waals surface area contributed by atoms with Crippen molar-refractivity contribution in [3.05, 3.63) is 82.4 Å². The quantitative estimate of drug-likeness (QED) is 0.238. The Morgan fingerprint density at radius 2 is 1.53 bits per heavy atom. The van der Waals surface area contributed by atoms with E-state index in [0.29, 0.717) is 5.69 Å². The zero-order valence-electron chi connectivity index (χ0n) is 18.8. The molecule has 0 unspecified atom stereocenters. The Hall–Kier alpha value is -2.49. The Balaban J connectivity index is 0.00000193. The normalized spacial score (nSPS) is 12.8. The van der Waals surface area contributed by atoms with Gasteiger partial charge in [-0.15, -0.1) is 0 Å². The molecule has 1 aliphatic rings. The van der Waals surface area contributed by atoms with E-state index in [1.165, 1.54) is 12.1 Å². The van der Waals surface area contributed by atoms with Gasteiger partial charge in [-0.1, -0.05) is 50.2 Å². The summed E-state index contributed by atoms with van der Waals surface area (Å²) in [7, 11) is -4.75. The molecule has 0 heterocycles.